The number of aromatic nitrogens is 2. The van der Waals surface area contributed by atoms with E-state index in [0.717, 1.165) is 12.1 Å². The van der Waals surface area contributed by atoms with Crippen LogP contribution in [0, 0.1) is 5.82 Å². The Bertz CT molecular complexity index is 616. The molecule has 0 aliphatic rings. The largest absolute Gasteiger partial charge is 0.432 e. The van der Waals surface area contributed by atoms with Crippen LogP contribution in [-0.4, -0.2) is 9.97 Å². The molecule has 0 radical (unpaired) electrons. The molecule has 1 aromatic carbocycles. The molecule has 0 saturated carbocycles. The van der Waals surface area contributed by atoms with Crippen molar-refractivity contribution in [3.8, 4) is 11.3 Å². The number of halogens is 4. The van der Waals surface area contributed by atoms with Gasteiger partial charge >= 0.3 is 6.18 Å². The van der Waals surface area contributed by atoms with E-state index in [2.05, 4.69) is 4.98 Å². The highest BCUT2D eigenvalue weighted by atomic mass is 19.4. The minimum atomic E-state index is -4.66. The molecule has 2 aromatic rings. The second-order valence-electron chi connectivity index (χ2n) is 3.48. The van der Waals surface area contributed by atoms with Crippen LogP contribution in [0.25, 0.3) is 11.3 Å². The zero-order valence-corrected chi connectivity index (χ0v) is 8.75. The maximum absolute atomic E-state index is 12.7. The van der Waals surface area contributed by atoms with Crippen molar-refractivity contribution in [1.82, 2.24) is 9.97 Å². The Balaban J connectivity index is 2.48. The summed E-state index contributed by atoms with van der Waals surface area (Å²) in [5.41, 5.74) is -2.15. The Morgan fingerprint density at radius 1 is 1.11 bits per heavy atom. The van der Waals surface area contributed by atoms with Gasteiger partial charge < -0.3 is 4.98 Å². The van der Waals surface area contributed by atoms with Crippen molar-refractivity contribution in [2.75, 3.05) is 0 Å². The summed E-state index contributed by atoms with van der Waals surface area (Å²) in [4.78, 5) is 16.6. The number of benzene rings is 1. The van der Waals surface area contributed by atoms with Crippen LogP contribution in [0.4, 0.5) is 17.6 Å². The monoisotopic (exact) mass is 258 g/mol. The highest BCUT2D eigenvalue weighted by Gasteiger charge is 2.32. The van der Waals surface area contributed by atoms with Gasteiger partial charge in [0.2, 0.25) is 0 Å². The summed E-state index contributed by atoms with van der Waals surface area (Å²) in [6.45, 7) is 0. The molecule has 0 amide bonds. The molecule has 0 bridgehead atoms. The average Bonchev–Trinajstić information content (AvgIpc) is 2.29. The van der Waals surface area contributed by atoms with E-state index >= 15 is 0 Å². The van der Waals surface area contributed by atoms with E-state index in [1.807, 2.05) is 0 Å². The van der Waals surface area contributed by atoms with E-state index in [-0.39, 0.29) is 11.3 Å². The molecule has 0 aliphatic carbocycles. The van der Waals surface area contributed by atoms with Gasteiger partial charge in [0, 0.05) is 5.56 Å². The summed E-state index contributed by atoms with van der Waals surface area (Å²) < 4.78 is 49.6. The third-order valence-electron chi connectivity index (χ3n) is 2.21. The van der Waals surface area contributed by atoms with Gasteiger partial charge in [-0.2, -0.15) is 13.2 Å². The predicted octanol–water partition coefficient (Wildman–Crippen LogP) is 2.59. The van der Waals surface area contributed by atoms with E-state index < -0.39 is 23.2 Å². The number of alkyl halides is 3. The van der Waals surface area contributed by atoms with Crippen molar-refractivity contribution < 1.29 is 17.6 Å². The normalized spacial score (nSPS) is 11.6. The van der Waals surface area contributed by atoms with Crippen molar-refractivity contribution in [2.45, 2.75) is 6.18 Å². The van der Waals surface area contributed by atoms with Gasteiger partial charge in [-0.3, -0.25) is 4.79 Å². The van der Waals surface area contributed by atoms with Crippen LogP contribution in [0.15, 0.2) is 35.3 Å². The Labute approximate surface area is 98.1 Å². The smallest absolute Gasteiger partial charge is 0.315 e. The van der Waals surface area contributed by atoms with Crippen LogP contribution in [0.3, 0.4) is 0 Å². The Morgan fingerprint density at radius 2 is 1.72 bits per heavy atom. The number of aromatic amines is 1. The fraction of sp³-hybridized carbons (Fsp3) is 0.0909. The lowest BCUT2D eigenvalue weighted by molar-refractivity contribution is -0.141. The topological polar surface area (TPSA) is 45.8 Å². The molecule has 1 N–H and O–H groups in total. The van der Waals surface area contributed by atoms with Crippen molar-refractivity contribution >= 4 is 0 Å². The third kappa shape index (κ3) is 2.39. The summed E-state index contributed by atoms with van der Waals surface area (Å²) in [5.74, 6) is -0.512. The quantitative estimate of drug-likeness (QED) is 0.799. The van der Waals surface area contributed by atoms with Crippen LogP contribution >= 0.6 is 0 Å². The van der Waals surface area contributed by atoms with Crippen LogP contribution < -0.4 is 5.56 Å². The highest BCUT2D eigenvalue weighted by molar-refractivity contribution is 5.57. The van der Waals surface area contributed by atoms with E-state index in [0.29, 0.717) is 6.20 Å². The number of nitrogens with one attached hydrogen (secondary N) is 1. The molecule has 0 aliphatic heterocycles. The van der Waals surface area contributed by atoms with E-state index in [1.165, 1.54) is 12.1 Å². The van der Waals surface area contributed by atoms with Gasteiger partial charge in [-0.15, -0.1) is 0 Å². The minimum Gasteiger partial charge on any atom is -0.315 e. The minimum absolute atomic E-state index is 0.192. The number of rotatable bonds is 1. The van der Waals surface area contributed by atoms with Gasteiger partial charge in [0.15, 0.2) is 0 Å². The molecule has 0 unspecified atom stereocenters. The zero-order valence-electron chi connectivity index (χ0n) is 8.75. The number of hydrogen-bond acceptors (Lipinski definition) is 2. The van der Waals surface area contributed by atoms with Crippen molar-refractivity contribution in [3.05, 3.63) is 52.3 Å². The second-order valence-corrected chi connectivity index (χ2v) is 3.48. The summed E-state index contributed by atoms with van der Waals surface area (Å²) in [7, 11) is 0. The fourth-order valence-corrected chi connectivity index (χ4v) is 1.36. The van der Waals surface area contributed by atoms with Gasteiger partial charge in [-0.05, 0) is 24.3 Å². The number of H-pyrrole nitrogens is 1. The third-order valence-corrected chi connectivity index (χ3v) is 2.21. The van der Waals surface area contributed by atoms with Crippen molar-refractivity contribution in [1.29, 1.82) is 0 Å². The zero-order chi connectivity index (χ0) is 13.3. The standard InChI is InChI=1S/C11H6F4N2O/c12-7-3-1-6(2-4-7)9-10(18)17-8(5-16-9)11(13,14)15/h1-5H,(H,17,18). The molecule has 1 heterocycles. The molecule has 3 nitrogen and oxygen atoms in total. The molecule has 0 fully saturated rings. The van der Waals surface area contributed by atoms with Crippen molar-refractivity contribution in [3.63, 3.8) is 0 Å². The molecule has 18 heavy (non-hydrogen) atoms. The molecule has 0 atom stereocenters. The van der Waals surface area contributed by atoms with Gasteiger partial charge in [-0.25, -0.2) is 9.37 Å². The maximum Gasteiger partial charge on any atom is 0.432 e. The molecule has 0 spiro atoms. The molecule has 94 valence electrons. The molecule has 7 heteroatoms. The first-order valence-corrected chi connectivity index (χ1v) is 4.80. The van der Waals surface area contributed by atoms with Gasteiger partial charge in [0.25, 0.3) is 5.56 Å². The highest BCUT2D eigenvalue weighted by Crippen LogP contribution is 2.26. The van der Waals surface area contributed by atoms with Crippen molar-refractivity contribution in [2.24, 2.45) is 0 Å². The van der Waals surface area contributed by atoms with E-state index in [9.17, 15) is 22.4 Å². The van der Waals surface area contributed by atoms with E-state index in [1.54, 1.807) is 4.98 Å². The Kier molecular flexibility index (Phi) is 2.90. The SMILES string of the molecule is O=c1[nH]c(C(F)(F)F)cnc1-c1ccc(F)cc1. The second kappa shape index (κ2) is 4.25. The van der Waals surface area contributed by atoms with Gasteiger partial charge in [0.05, 0.1) is 6.20 Å². The Morgan fingerprint density at radius 3 is 2.22 bits per heavy atom. The lowest BCUT2D eigenvalue weighted by atomic mass is 10.1. The van der Waals surface area contributed by atoms with Crippen LogP contribution in [-0.2, 0) is 6.18 Å². The van der Waals surface area contributed by atoms with Gasteiger partial charge in [-0.1, -0.05) is 0 Å². The molecule has 2 rings (SSSR count). The summed E-state index contributed by atoms with van der Waals surface area (Å²) >= 11 is 0. The molecule has 1 aromatic heterocycles. The first kappa shape index (κ1) is 12.3. The molecular weight excluding hydrogens is 252 g/mol. The molecular formula is C11H6F4N2O. The summed E-state index contributed by atoms with van der Waals surface area (Å²) in [6, 6.07) is 4.71. The van der Waals surface area contributed by atoms with Gasteiger partial charge in [0.1, 0.15) is 17.2 Å². The average molecular weight is 258 g/mol. The van der Waals surface area contributed by atoms with Crippen LogP contribution in [0.2, 0.25) is 0 Å². The lowest BCUT2D eigenvalue weighted by Gasteiger charge is -2.06. The Hall–Kier alpha value is -2.18. The van der Waals surface area contributed by atoms with Crippen LogP contribution in [0.1, 0.15) is 5.69 Å². The summed E-state index contributed by atoms with van der Waals surface area (Å²) in [5, 5.41) is 0. The molecule has 0 saturated heterocycles. The first-order valence-electron chi connectivity index (χ1n) is 4.80. The van der Waals surface area contributed by atoms with E-state index in [4.69, 9.17) is 0 Å². The fourth-order valence-electron chi connectivity index (χ4n) is 1.36. The number of nitrogens with zero attached hydrogens (tertiary/aromatic N) is 1. The predicted molar refractivity (Wildman–Crippen MR) is 55.3 cm³/mol. The van der Waals surface area contributed by atoms with Crippen LogP contribution in [0.5, 0.6) is 0 Å². The number of hydrogen-bond donors (Lipinski definition) is 1. The maximum atomic E-state index is 12.7. The first-order chi connectivity index (χ1) is 8.38. The summed E-state index contributed by atoms with van der Waals surface area (Å²) in [6.07, 6.45) is -4.13. The lowest BCUT2D eigenvalue weighted by Crippen LogP contribution is -2.19.